The third kappa shape index (κ3) is 8.28. The van der Waals surface area contributed by atoms with Gasteiger partial charge in [-0.15, -0.1) is 0 Å². The Labute approximate surface area is 99.4 Å². The number of unbranched alkanes of at least 4 members (excludes halogenated alkanes) is 4. The molecule has 0 aromatic rings. The third-order valence-corrected chi connectivity index (χ3v) is 3.89. The van der Waals surface area contributed by atoms with E-state index in [1.807, 2.05) is 0 Å². The van der Waals surface area contributed by atoms with Crippen molar-refractivity contribution >= 4 is 7.60 Å². The summed E-state index contributed by atoms with van der Waals surface area (Å²) in [6.45, 7) is 5.19. The summed E-state index contributed by atoms with van der Waals surface area (Å²) >= 11 is 0. The molecule has 0 heterocycles. The summed E-state index contributed by atoms with van der Waals surface area (Å²) in [5.41, 5.74) is 5.42. The van der Waals surface area contributed by atoms with Crippen molar-refractivity contribution < 1.29 is 13.6 Å². The maximum Gasteiger partial charge on any atom is 0.344 e. The molecule has 0 atom stereocenters. The summed E-state index contributed by atoms with van der Waals surface area (Å²) in [6.07, 6.45) is 6.21. The molecule has 0 aromatic heterocycles. The van der Waals surface area contributed by atoms with Gasteiger partial charge in [0.25, 0.3) is 0 Å². The van der Waals surface area contributed by atoms with E-state index < -0.39 is 7.60 Å². The van der Waals surface area contributed by atoms with Crippen molar-refractivity contribution in [1.29, 1.82) is 0 Å². The van der Waals surface area contributed by atoms with Gasteiger partial charge in [0.15, 0.2) is 0 Å². The fourth-order valence-electron chi connectivity index (χ4n) is 1.25. The molecule has 0 bridgehead atoms. The van der Waals surface area contributed by atoms with Gasteiger partial charge in [-0.3, -0.25) is 4.57 Å². The second-order valence-electron chi connectivity index (χ2n) is 3.87. The normalized spacial score (nSPS) is 11.9. The summed E-state index contributed by atoms with van der Waals surface area (Å²) in [4.78, 5) is 0. The van der Waals surface area contributed by atoms with Gasteiger partial charge in [-0.1, -0.05) is 39.5 Å². The smallest absolute Gasteiger partial charge is 0.320 e. The first-order chi connectivity index (χ1) is 7.68. The minimum absolute atomic E-state index is 0.0226. The molecule has 4 nitrogen and oxygen atoms in total. The molecule has 5 heteroatoms. The van der Waals surface area contributed by atoms with Crippen LogP contribution in [0.1, 0.15) is 52.4 Å². The molecular formula is C11H26NO3P. The van der Waals surface area contributed by atoms with E-state index in [1.54, 1.807) is 0 Å². The largest absolute Gasteiger partial charge is 0.344 e. The van der Waals surface area contributed by atoms with Crippen molar-refractivity contribution in [2.75, 3.05) is 19.5 Å². The summed E-state index contributed by atoms with van der Waals surface area (Å²) in [7, 11) is -3.00. The minimum Gasteiger partial charge on any atom is -0.320 e. The topological polar surface area (TPSA) is 61.5 Å². The monoisotopic (exact) mass is 251 g/mol. The molecule has 98 valence electrons. The van der Waals surface area contributed by atoms with Gasteiger partial charge in [0.05, 0.1) is 19.5 Å². The molecule has 0 saturated heterocycles. The number of rotatable bonds is 11. The van der Waals surface area contributed by atoms with E-state index in [1.165, 1.54) is 0 Å². The second-order valence-corrected chi connectivity index (χ2v) is 5.98. The predicted octanol–water partition coefficient (Wildman–Crippen LogP) is 3.51. The molecule has 0 fully saturated rings. The lowest BCUT2D eigenvalue weighted by Gasteiger charge is -2.16. The zero-order valence-corrected chi connectivity index (χ0v) is 11.5. The summed E-state index contributed by atoms with van der Waals surface area (Å²) in [5, 5.41) is 0. The fraction of sp³-hybridized carbons (Fsp3) is 1.00. The molecule has 0 aliphatic carbocycles. The molecule has 0 aliphatic rings. The zero-order chi connectivity index (χ0) is 12.3. The standard InChI is InChI=1S/C11H26NO3P/c1-3-5-7-9-14-16(13,11-12)15-10-8-6-4-2/h3-12H2,1-2H3. The number of nitrogens with two attached hydrogens (primary N) is 1. The van der Waals surface area contributed by atoms with E-state index in [0.717, 1.165) is 38.5 Å². The van der Waals surface area contributed by atoms with Gasteiger partial charge < -0.3 is 14.8 Å². The number of hydrogen-bond acceptors (Lipinski definition) is 4. The van der Waals surface area contributed by atoms with Crippen LogP contribution in [0.2, 0.25) is 0 Å². The van der Waals surface area contributed by atoms with E-state index in [4.69, 9.17) is 14.8 Å². The van der Waals surface area contributed by atoms with Crippen LogP contribution in [0.5, 0.6) is 0 Å². The summed E-state index contributed by atoms with van der Waals surface area (Å²) in [6, 6.07) is 0. The van der Waals surface area contributed by atoms with Crippen LogP contribution in [0.25, 0.3) is 0 Å². The highest BCUT2D eigenvalue weighted by Gasteiger charge is 2.21. The molecular weight excluding hydrogens is 225 g/mol. The lowest BCUT2D eigenvalue weighted by molar-refractivity contribution is 0.198. The van der Waals surface area contributed by atoms with Gasteiger partial charge in [-0.2, -0.15) is 0 Å². The van der Waals surface area contributed by atoms with E-state index in [2.05, 4.69) is 13.8 Å². The van der Waals surface area contributed by atoms with E-state index in [-0.39, 0.29) is 6.29 Å². The van der Waals surface area contributed by atoms with Crippen LogP contribution in [-0.4, -0.2) is 19.5 Å². The first-order valence-corrected chi connectivity index (χ1v) is 7.99. The first-order valence-electron chi connectivity index (χ1n) is 6.26. The average molecular weight is 251 g/mol. The van der Waals surface area contributed by atoms with Crippen LogP contribution in [0.4, 0.5) is 0 Å². The van der Waals surface area contributed by atoms with Gasteiger partial charge in [-0.25, -0.2) is 0 Å². The van der Waals surface area contributed by atoms with Crippen LogP contribution in [0, 0.1) is 0 Å². The van der Waals surface area contributed by atoms with Crippen LogP contribution in [-0.2, 0) is 13.6 Å². The van der Waals surface area contributed by atoms with Crippen LogP contribution >= 0.6 is 7.60 Å². The molecule has 16 heavy (non-hydrogen) atoms. The van der Waals surface area contributed by atoms with Gasteiger partial charge in [0.2, 0.25) is 0 Å². The van der Waals surface area contributed by atoms with Crippen molar-refractivity contribution in [2.45, 2.75) is 52.4 Å². The fourth-order valence-corrected chi connectivity index (χ4v) is 2.35. The predicted molar refractivity (Wildman–Crippen MR) is 67.6 cm³/mol. The van der Waals surface area contributed by atoms with Crippen LogP contribution < -0.4 is 5.73 Å². The van der Waals surface area contributed by atoms with Gasteiger partial charge in [0.1, 0.15) is 0 Å². The minimum atomic E-state index is -3.00. The Morgan fingerprint density at radius 2 is 1.38 bits per heavy atom. The zero-order valence-electron chi connectivity index (χ0n) is 10.6. The molecule has 0 amide bonds. The van der Waals surface area contributed by atoms with Gasteiger partial charge in [0, 0.05) is 0 Å². The Morgan fingerprint density at radius 1 is 0.938 bits per heavy atom. The van der Waals surface area contributed by atoms with Crippen molar-refractivity contribution in [3.8, 4) is 0 Å². The molecule has 0 aliphatic heterocycles. The molecule has 0 aromatic carbocycles. The highest BCUT2D eigenvalue weighted by molar-refractivity contribution is 7.53. The molecule has 0 rings (SSSR count). The molecule has 0 radical (unpaired) electrons. The van der Waals surface area contributed by atoms with Crippen molar-refractivity contribution in [1.82, 2.24) is 0 Å². The molecule has 0 saturated carbocycles. The van der Waals surface area contributed by atoms with Crippen molar-refractivity contribution in [3.63, 3.8) is 0 Å². The highest BCUT2D eigenvalue weighted by atomic mass is 31.2. The lowest BCUT2D eigenvalue weighted by Crippen LogP contribution is -2.08. The van der Waals surface area contributed by atoms with E-state index in [0.29, 0.717) is 13.2 Å². The molecule has 0 spiro atoms. The van der Waals surface area contributed by atoms with E-state index in [9.17, 15) is 4.57 Å². The maximum absolute atomic E-state index is 11.9. The molecule has 0 unspecified atom stereocenters. The first kappa shape index (κ1) is 16.1. The Morgan fingerprint density at radius 3 is 1.69 bits per heavy atom. The van der Waals surface area contributed by atoms with Crippen molar-refractivity contribution in [3.05, 3.63) is 0 Å². The molecule has 2 N–H and O–H groups in total. The highest BCUT2D eigenvalue weighted by Crippen LogP contribution is 2.46. The maximum atomic E-state index is 11.9. The Kier molecular flexibility index (Phi) is 10.3. The lowest BCUT2D eigenvalue weighted by atomic mass is 10.3. The SMILES string of the molecule is CCCCCOP(=O)(CN)OCCCCC. The Hall–Kier alpha value is 0.110. The quantitative estimate of drug-likeness (QED) is 0.451. The van der Waals surface area contributed by atoms with Gasteiger partial charge >= 0.3 is 7.60 Å². The summed E-state index contributed by atoms with van der Waals surface area (Å²) in [5.74, 6) is 0. The van der Waals surface area contributed by atoms with Crippen LogP contribution in [0.15, 0.2) is 0 Å². The van der Waals surface area contributed by atoms with Gasteiger partial charge in [-0.05, 0) is 12.8 Å². The third-order valence-electron chi connectivity index (χ3n) is 2.30. The Balaban J connectivity index is 3.69. The average Bonchev–Trinajstić information content (AvgIpc) is 2.31. The van der Waals surface area contributed by atoms with E-state index >= 15 is 0 Å². The Bertz CT molecular complexity index is 184. The number of hydrogen-bond donors (Lipinski definition) is 1. The summed E-state index contributed by atoms with van der Waals surface area (Å²) < 4.78 is 22.5. The van der Waals surface area contributed by atoms with Crippen LogP contribution in [0.3, 0.4) is 0 Å². The van der Waals surface area contributed by atoms with Crippen molar-refractivity contribution in [2.24, 2.45) is 5.73 Å². The second kappa shape index (κ2) is 10.3.